The Morgan fingerprint density at radius 3 is 2.72 bits per heavy atom. The Labute approximate surface area is 148 Å². The summed E-state index contributed by atoms with van der Waals surface area (Å²) in [6.45, 7) is 5.03. The van der Waals surface area contributed by atoms with E-state index in [1.54, 1.807) is 51.0 Å². The Hall–Kier alpha value is -2.60. The van der Waals surface area contributed by atoms with Crippen molar-refractivity contribution in [1.82, 2.24) is 9.55 Å². The molecule has 1 aromatic heterocycles. The van der Waals surface area contributed by atoms with Gasteiger partial charge in [0.15, 0.2) is 17.3 Å². The highest BCUT2D eigenvalue weighted by Gasteiger charge is 2.10. The minimum Gasteiger partial charge on any atom is -0.493 e. The second-order valence-electron chi connectivity index (χ2n) is 5.72. The van der Waals surface area contributed by atoms with Gasteiger partial charge in [-0.2, -0.15) is 0 Å². The lowest BCUT2D eigenvalue weighted by molar-refractivity contribution is 0.104. The summed E-state index contributed by atoms with van der Waals surface area (Å²) in [5, 5.41) is 0. The summed E-state index contributed by atoms with van der Waals surface area (Å²) in [7, 11) is 3.16. The van der Waals surface area contributed by atoms with Gasteiger partial charge in [0.1, 0.15) is 6.61 Å². The van der Waals surface area contributed by atoms with E-state index in [0.717, 1.165) is 5.69 Å². The van der Waals surface area contributed by atoms with E-state index in [4.69, 9.17) is 14.2 Å². The largest absolute Gasteiger partial charge is 0.493 e. The molecule has 2 rings (SSSR count). The van der Waals surface area contributed by atoms with Crippen molar-refractivity contribution in [2.75, 3.05) is 27.4 Å². The summed E-state index contributed by atoms with van der Waals surface area (Å²) < 4.78 is 17.8. The fraction of sp³-hybridized carbons (Fsp3) is 0.368. The molecule has 0 bridgehead atoms. The normalized spacial score (nSPS) is 11.2. The molecule has 0 aliphatic carbocycles. The second kappa shape index (κ2) is 9.03. The van der Waals surface area contributed by atoms with Crippen LogP contribution in [0.4, 0.5) is 0 Å². The van der Waals surface area contributed by atoms with E-state index in [1.807, 2.05) is 4.57 Å². The Morgan fingerprint density at radius 1 is 1.24 bits per heavy atom. The maximum absolute atomic E-state index is 12.4. The van der Waals surface area contributed by atoms with Crippen molar-refractivity contribution < 1.29 is 19.0 Å². The van der Waals surface area contributed by atoms with Crippen molar-refractivity contribution in [1.29, 1.82) is 0 Å². The van der Waals surface area contributed by atoms with Crippen LogP contribution < -0.4 is 9.47 Å². The van der Waals surface area contributed by atoms with Gasteiger partial charge in [0, 0.05) is 18.7 Å². The molecule has 2 aromatic rings. The Morgan fingerprint density at radius 2 is 2.04 bits per heavy atom. The first-order chi connectivity index (χ1) is 12.1. The van der Waals surface area contributed by atoms with Crippen LogP contribution in [0.3, 0.4) is 0 Å². The Kier molecular flexibility index (Phi) is 6.77. The highest BCUT2D eigenvalue weighted by Crippen LogP contribution is 2.28. The van der Waals surface area contributed by atoms with Crippen molar-refractivity contribution in [2.24, 2.45) is 0 Å². The SMILES string of the molecule is COCCOc1ccc(C(=O)C=Cc2cncn2C(C)C)cc1OC. The number of rotatable bonds is 9. The molecule has 0 spiro atoms. The van der Waals surface area contributed by atoms with Crippen LogP contribution in [0.5, 0.6) is 11.5 Å². The van der Waals surface area contributed by atoms with Gasteiger partial charge in [-0.3, -0.25) is 4.79 Å². The van der Waals surface area contributed by atoms with Crippen LogP contribution in [-0.4, -0.2) is 42.8 Å². The van der Waals surface area contributed by atoms with E-state index in [-0.39, 0.29) is 11.8 Å². The molecule has 6 heteroatoms. The first-order valence-corrected chi connectivity index (χ1v) is 8.10. The molecule has 0 aliphatic rings. The first-order valence-electron chi connectivity index (χ1n) is 8.10. The van der Waals surface area contributed by atoms with E-state index in [0.29, 0.717) is 30.3 Å². The molecule has 0 unspecified atom stereocenters. The van der Waals surface area contributed by atoms with Gasteiger partial charge in [-0.15, -0.1) is 0 Å². The molecule has 134 valence electrons. The van der Waals surface area contributed by atoms with Crippen molar-refractivity contribution in [3.8, 4) is 11.5 Å². The van der Waals surface area contributed by atoms with Gasteiger partial charge in [0.2, 0.25) is 0 Å². The van der Waals surface area contributed by atoms with Crippen LogP contribution in [0, 0.1) is 0 Å². The summed E-state index contributed by atoms with van der Waals surface area (Å²) in [6.07, 6.45) is 6.79. The second-order valence-corrected chi connectivity index (χ2v) is 5.72. The lowest BCUT2D eigenvalue weighted by Crippen LogP contribution is -2.06. The lowest BCUT2D eigenvalue weighted by Gasteiger charge is -2.11. The third kappa shape index (κ3) is 4.93. The molecule has 0 saturated carbocycles. The Bertz CT molecular complexity index is 735. The number of carbonyl (C=O) groups excluding carboxylic acids is 1. The van der Waals surface area contributed by atoms with Gasteiger partial charge in [0.25, 0.3) is 0 Å². The smallest absolute Gasteiger partial charge is 0.186 e. The number of ether oxygens (including phenoxy) is 3. The predicted molar refractivity (Wildman–Crippen MR) is 96.3 cm³/mol. The predicted octanol–water partition coefficient (Wildman–Crippen LogP) is 3.39. The Balaban J connectivity index is 2.13. The van der Waals surface area contributed by atoms with Gasteiger partial charge < -0.3 is 18.8 Å². The van der Waals surface area contributed by atoms with Gasteiger partial charge in [-0.25, -0.2) is 4.98 Å². The van der Waals surface area contributed by atoms with Crippen LogP contribution in [0.2, 0.25) is 0 Å². The van der Waals surface area contributed by atoms with E-state index < -0.39 is 0 Å². The molecule has 6 nitrogen and oxygen atoms in total. The number of hydrogen-bond donors (Lipinski definition) is 0. The molecule has 0 N–H and O–H groups in total. The standard InChI is InChI=1S/C19H24N2O4/c1-14(2)21-13-20-12-16(21)6-7-17(22)15-5-8-18(19(11-15)24-4)25-10-9-23-3/h5-8,11-14H,9-10H2,1-4H3. The number of hydrogen-bond acceptors (Lipinski definition) is 5. The monoisotopic (exact) mass is 344 g/mol. The number of imidazole rings is 1. The van der Waals surface area contributed by atoms with Gasteiger partial charge in [-0.1, -0.05) is 0 Å². The number of carbonyl (C=O) groups is 1. The number of allylic oxidation sites excluding steroid dienone is 1. The van der Waals surface area contributed by atoms with Crippen molar-refractivity contribution in [2.45, 2.75) is 19.9 Å². The summed E-state index contributed by atoms with van der Waals surface area (Å²) >= 11 is 0. The number of nitrogens with zero attached hydrogens (tertiary/aromatic N) is 2. The molecular weight excluding hydrogens is 320 g/mol. The molecule has 0 atom stereocenters. The van der Waals surface area contributed by atoms with Crippen LogP contribution in [0.15, 0.2) is 36.8 Å². The molecule has 1 heterocycles. The van der Waals surface area contributed by atoms with Crippen LogP contribution in [-0.2, 0) is 4.74 Å². The maximum Gasteiger partial charge on any atom is 0.186 e. The average Bonchev–Trinajstić information content (AvgIpc) is 3.09. The van der Waals surface area contributed by atoms with Crippen LogP contribution in [0.25, 0.3) is 6.08 Å². The molecule has 0 fully saturated rings. The third-order valence-corrected chi connectivity index (χ3v) is 3.65. The zero-order valence-electron chi connectivity index (χ0n) is 15.1. The molecular formula is C19H24N2O4. The van der Waals surface area contributed by atoms with Crippen LogP contribution in [0.1, 0.15) is 35.9 Å². The van der Waals surface area contributed by atoms with Crippen molar-refractivity contribution in [3.63, 3.8) is 0 Å². The number of aromatic nitrogens is 2. The fourth-order valence-electron chi connectivity index (χ4n) is 2.31. The summed E-state index contributed by atoms with van der Waals surface area (Å²) in [5.74, 6) is 0.985. The zero-order chi connectivity index (χ0) is 18.2. The molecule has 0 saturated heterocycles. The molecule has 1 aromatic carbocycles. The number of methoxy groups -OCH3 is 2. The highest BCUT2D eigenvalue weighted by molar-refractivity contribution is 6.07. The minimum atomic E-state index is -0.113. The minimum absolute atomic E-state index is 0.113. The molecule has 0 radical (unpaired) electrons. The van der Waals surface area contributed by atoms with E-state index in [1.165, 1.54) is 6.08 Å². The van der Waals surface area contributed by atoms with Gasteiger partial charge >= 0.3 is 0 Å². The van der Waals surface area contributed by atoms with Crippen molar-refractivity contribution in [3.05, 3.63) is 48.1 Å². The summed E-state index contributed by atoms with van der Waals surface area (Å²) in [5.41, 5.74) is 1.41. The van der Waals surface area contributed by atoms with E-state index in [2.05, 4.69) is 18.8 Å². The summed E-state index contributed by atoms with van der Waals surface area (Å²) in [4.78, 5) is 16.6. The first kappa shape index (κ1) is 18.7. The zero-order valence-corrected chi connectivity index (χ0v) is 15.1. The average molecular weight is 344 g/mol. The topological polar surface area (TPSA) is 62.6 Å². The summed E-state index contributed by atoms with van der Waals surface area (Å²) in [6, 6.07) is 5.40. The molecule has 0 aliphatic heterocycles. The van der Waals surface area contributed by atoms with E-state index >= 15 is 0 Å². The van der Waals surface area contributed by atoms with Gasteiger partial charge in [0.05, 0.1) is 31.9 Å². The third-order valence-electron chi connectivity index (χ3n) is 3.65. The van der Waals surface area contributed by atoms with E-state index in [9.17, 15) is 4.79 Å². The number of benzene rings is 1. The number of ketones is 1. The highest BCUT2D eigenvalue weighted by atomic mass is 16.5. The van der Waals surface area contributed by atoms with Gasteiger partial charge in [-0.05, 0) is 44.2 Å². The quantitative estimate of drug-likeness (QED) is 0.396. The molecule has 0 amide bonds. The van der Waals surface area contributed by atoms with Crippen molar-refractivity contribution >= 4 is 11.9 Å². The van der Waals surface area contributed by atoms with Crippen LogP contribution >= 0.6 is 0 Å². The molecule has 25 heavy (non-hydrogen) atoms. The fourth-order valence-corrected chi connectivity index (χ4v) is 2.31. The lowest BCUT2D eigenvalue weighted by atomic mass is 10.1. The maximum atomic E-state index is 12.4.